The third kappa shape index (κ3) is 2.19. The highest BCUT2D eigenvalue weighted by molar-refractivity contribution is 5.62. The van der Waals surface area contributed by atoms with Gasteiger partial charge in [0.25, 0.3) is 0 Å². The summed E-state index contributed by atoms with van der Waals surface area (Å²) in [6, 6.07) is 8.02. The van der Waals surface area contributed by atoms with Gasteiger partial charge in [-0.3, -0.25) is 4.98 Å². The number of nitrogens with zero attached hydrogens (tertiary/aromatic N) is 1. The predicted molar refractivity (Wildman–Crippen MR) is 55.6 cm³/mol. The monoisotopic (exact) mass is 203 g/mol. The van der Waals surface area contributed by atoms with Crippen LogP contribution in [0.5, 0.6) is 0 Å². The molecule has 15 heavy (non-hydrogen) atoms. The summed E-state index contributed by atoms with van der Waals surface area (Å²) >= 11 is 0. The summed E-state index contributed by atoms with van der Waals surface area (Å²) in [6.07, 6.45) is 3.29. The first-order valence-corrected chi connectivity index (χ1v) is 4.60. The van der Waals surface area contributed by atoms with Gasteiger partial charge in [-0.15, -0.1) is 0 Å². The third-order valence-corrected chi connectivity index (χ3v) is 2.16. The van der Waals surface area contributed by atoms with Crippen molar-refractivity contribution in [2.45, 2.75) is 6.61 Å². The number of pyridine rings is 1. The lowest BCUT2D eigenvalue weighted by molar-refractivity contribution is 0.281. The fourth-order valence-corrected chi connectivity index (χ4v) is 1.37. The van der Waals surface area contributed by atoms with E-state index in [-0.39, 0.29) is 12.4 Å². The molecule has 2 aromatic rings. The molecule has 0 saturated heterocycles. The standard InChI is InChI=1S/C12H10FNO/c13-12-3-1-10(2-4-12)11-5-9(8-15)6-14-7-11/h1-7,15H,8H2. The fraction of sp³-hybridized carbons (Fsp3) is 0.0833. The fourth-order valence-electron chi connectivity index (χ4n) is 1.37. The van der Waals surface area contributed by atoms with E-state index >= 15 is 0 Å². The van der Waals surface area contributed by atoms with Gasteiger partial charge < -0.3 is 5.11 Å². The van der Waals surface area contributed by atoms with E-state index in [9.17, 15) is 4.39 Å². The normalized spacial score (nSPS) is 10.3. The van der Waals surface area contributed by atoms with Crippen LogP contribution < -0.4 is 0 Å². The molecule has 0 aliphatic carbocycles. The van der Waals surface area contributed by atoms with E-state index in [1.54, 1.807) is 24.5 Å². The topological polar surface area (TPSA) is 33.1 Å². The molecule has 2 rings (SSSR count). The lowest BCUT2D eigenvalue weighted by atomic mass is 10.1. The summed E-state index contributed by atoms with van der Waals surface area (Å²) in [4.78, 5) is 4.00. The Bertz CT molecular complexity index is 453. The van der Waals surface area contributed by atoms with Crippen LogP contribution in [0.3, 0.4) is 0 Å². The maximum atomic E-state index is 12.7. The average Bonchev–Trinajstić information content (AvgIpc) is 2.30. The molecule has 0 unspecified atom stereocenters. The highest BCUT2D eigenvalue weighted by atomic mass is 19.1. The molecule has 0 aliphatic rings. The van der Waals surface area contributed by atoms with E-state index in [1.807, 2.05) is 6.07 Å². The van der Waals surface area contributed by atoms with Crippen molar-refractivity contribution >= 4 is 0 Å². The zero-order valence-electron chi connectivity index (χ0n) is 8.02. The van der Waals surface area contributed by atoms with Crippen molar-refractivity contribution in [1.82, 2.24) is 4.98 Å². The second kappa shape index (κ2) is 4.19. The maximum absolute atomic E-state index is 12.7. The molecule has 0 bridgehead atoms. The van der Waals surface area contributed by atoms with Crippen LogP contribution in [0.1, 0.15) is 5.56 Å². The molecular formula is C12H10FNO. The molecule has 0 spiro atoms. The largest absolute Gasteiger partial charge is 0.392 e. The van der Waals surface area contributed by atoms with Crippen molar-refractivity contribution in [3.8, 4) is 11.1 Å². The molecule has 1 heterocycles. The van der Waals surface area contributed by atoms with Crippen LogP contribution in [-0.4, -0.2) is 10.1 Å². The summed E-state index contributed by atoms with van der Waals surface area (Å²) in [5.41, 5.74) is 2.51. The number of aliphatic hydroxyl groups excluding tert-OH is 1. The van der Waals surface area contributed by atoms with E-state index < -0.39 is 0 Å². The SMILES string of the molecule is OCc1cncc(-c2ccc(F)cc2)c1. The van der Waals surface area contributed by atoms with Gasteiger partial charge in [-0.05, 0) is 29.3 Å². The molecule has 1 aromatic carbocycles. The minimum atomic E-state index is -0.259. The lowest BCUT2D eigenvalue weighted by Crippen LogP contribution is -1.87. The predicted octanol–water partition coefficient (Wildman–Crippen LogP) is 2.38. The summed E-state index contributed by atoms with van der Waals surface area (Å²) in [7, 11) is 0. The van der Waals surface area contributed by atoms with Gasteiger partial charge in [-0.2, -0.15) is 0 Å². The van der Waals surface area contributed by atoms with Crippen LogP contribution in [0.2, 0.25) is 0 Å². The van der Waals surface area contributed by atoms with Gasteiger partial charge in [0.15, 0.2) is 0 Å². The van der Waals surface area contributed by atoms with Gasteiger partial charge in [0.1, 0.15) is 5.82 Å². The van der Waals surface area contributed by atoms with E-state index in [0.717, 1.165) is 16.7 Å². The smallest absolute Gasteiger partial charge is 0.123 e. The molecule has 2 nitrogen and oxygen atoms in total. The number of rotatable bonds is 2. The van der Waals surface area contributed by atoms with Crippen LogP contribution in [-0.2, 0) is 6.61 Å². The van der Waals surface area contributed by atoms with Gasteiger partial charge in [0, 0.05) is 18.0 Å². The highest BCUT2D eigenvalue weighted by Gasteiger charge is 1.99. The second-order valence-electron chi connectivity index (χ2n) is 3.25. The van der Waals surface area contributed by atoms with E-state index in [4.69, 9.17) is 5.11 Å². The Morgan fingerprint density at radius 1 is 1.07 bits per heavy atom. The summed E-state index contributed by atoms with van der Waals surface area (Å²) < 4.78 is 12.7. The number of hydrogen-bond acceptors (Lipinski definition) is 2. The van der Waals surface area contributed by atoms with E-state index in [0.29, 0.717) is 0 Å². The minimum Gasteiger partial charge on any atom is -0.392 e. The third-order valence-electron chi connectivity index (χ3n) is 2.16. The van der Waals surface area contributed by atoms with Crippen LogP contribution in [0.15, 0.2) is 42.7 Å². The van der Waals surface area contributed by atoms with Crippen LogP contribution >= 0.6 is 0 Å². The quantitative estimate of drug-likeness (QED) is 0.812. The number of hydrogen-bond donors (Lipinski definition) is 1. The van der Waals surface area contributed by atoms with Crippen molar-refractivity contribution in [2.24, 2.45) is 0 Å². The molecule has 0 aliphatic heterocycles. The van der Waals surface area contributed by atoms with Crippen molar-refractivity contribution in [2.75, 3.05) is 0 Å². The Morgan fingerprint density at radius 2 is 1.80 bits per heavy atom. The van der Waals surface area contributed by atoms with Crippen molar-refractivity contribution in [3.63, 3.8) is 0 Å². The Labute approximate surface area is 87.0 Å². The Kier molecular flexibility index (Phi) is 2.74. The molecule has 1 N–H and O–H groups in total. The number of aliphatic hydroxyl groups is 1. The molecule has 0 saturated carbocycles. The Balaban J connectivity index is 2.40. The first-order valence-electron chi connectivity index (χ1n) is 4.60. The Hall–Kier alpha value is -1.74. The second-order valence-corrected chi connectivity index (χ2v) is 3.25. The lowest BCUT2D eigenvalue weighted by Gasteiger charge is -2.02. The molecule has 0 atom stereocenters. The highest BCUT2D eigenvalue weighted by Crippen LogP contribution is 2.19. The van der Waals surface area contributed by atoms with Crippen LogP contribution in [0, 0.1) is 5.82 Å². The van der Waals surface area contributed by atoms with E-state index in [1.165, 1.54) is 12.1 Å². The van der Waals surface area contributed by atoms with Crippen LogP contribution in [0.25, 0.3) is 11.1 Å². The van der Waals surface area contributed by atoms with E-state index in [2.05, 4.69) is 4.98 Å². The molecule has 0 fully saturated rings. The van der Waals surface area contributed by atoms with Crippen LogP contribution in [0.4, 0.5) is 4.39 Å². The molecule has 0 radical (unpaired) electrons. The van der Waals surface area contributed by atoms with Gasteiger partial charge in [-0.25, -0.2) is 4.39 Å². The van der Waals surface area contributed by atoms with Crippen molar-refractivity contribution in [3.05, 3.63) is 54.1 Å². The van der Waals surface area contributed by atoms with Gasteiger partial charge in [-0.1, -0.05) is 12.1 Å². The van der Waals surface area contributed by atoms with Gasteiger partial charge in [0.2, 0.25) is 0 Å². The van der Waals surface area contributed by atoms with Gasteiger partial charge in [0.05, 0.1) is 6.61 Å². The summed E-state index contributed by atoms with van der Waals surface area (Å²) in [6.45, 7) is -0.0396. The first kappa shape index (κ1) is 9.80. The molecular weight excluding hydrogens is 193 g/mol. The molecule has 0 amide bonds. The number of benzene rings is 1. The first-order chi connectivity index (χ1) is 7.29. The maximum Gasteiger partial charge on any atom is 0.123 e. The molecule has 3 heteroatoms. The molecule has 1 aromatic heterocycles. The summed E-state index contributed by atoms with van der Waals surface area (Å²) in [5.74, 6) is -0.259. The number of halogens is 1. The van der Waals surface area contributed by atoms with Crippen molar-refractivity contribution < 1.29 is 9.50 Å². The summed E-state index contributed by atoms with van der Waals surface area (Å²) in [5, 5.41) is 8.95. The van der Waals surface area contributed by atoms with Gasteiger partial charge >= 0.3 is 0 Å². The van der Waals surface area contributed by atoms with Crippen molar-refractivity contribution in [1.29, 1.82) is 0 Å². The average molecular weight is 203 g/mol. The Morgan fingerprint density at radius 3 is 2.47 bits per heavy atom. The zero-order valence-corrected chi connectivity index (χ0v) is 8.02. The number of aromatic nitrogens is 1. The minimum absolute atomic E-state index is 0.0396. The molecule has 76 valence electrons. The zero-order chi connectivity index (χ0) is 10.7.